The lowest BCUT2D eigenvalue weighted by molar-refractivity contribution is -0.140. The van der Waals surface area contributed by atoms with Crippen LogP contribution in [0, 0.1) is 5.82 Å². The maximum absolute atomic E-state index is 13.1. The van der Waals surface area contributed by atoms with Crippen LogP contribution in [0.15, 0.2) is 48.5 Å². The van der Waals surface area contributed by atoms with E-state index in [9.17, 15) is 14.0 Å². The van der Waals surface area contributed by atoms with Crippen molar-refractivity contribution in [3.63, 3.8) is 0 Å². The van der Waals surface area contributed by atoms with Gasteiger partial charge in [-0.2, -0.15) is 0 Å². The van der Waals surface area contributed by atoms with Crippen LogP contribution in [0.2, 0.25) is 5.02 Å². The number of carboxylic acids is 1. The second kappa shape index (κ2) is 7.04. The molecule has 0 radical (unpaired) electrons. The summed E-state index contributed by atoms with van der Waals surface area (Å²) in [5.74, 6) is -2.28. The van der Waals surface area contributed by atoms with Gasteiger partial charge in [0.15, 0.2) is 0 Å². The Morgan fingerprint density at radius 3 is 2.36 bits per heavy atom. The van der Waals surface area contributed by atoms with Gasteiger partial charge in [-0.3, -0.25) is 9.59 Å². The molecule has 0 saturated carbocycles. The van der Waals surface area contributed by atoms with Gasteiger partial charge in [0.25, 0.3) is 0 Å². The van der Waals surface area contributed by atoms with Gasteiger partial charge in [-0.25, -0.2) is 4.39 Å². The Morgan fingerprint density at radius 2 is 1.77 bits per heavy atom. The Labute approximate surface area is 131 Å². The molecule has 2 N–H and O–H groups in total. The van der Waals surface area contributed by atoms with E-state index in [1.54, 1.807) is 24.3 Å². The third kappa shape index (κ3) is 4.05. The second-order valence-electron chi connectivity index (χ2n) is 4.64. The SMILES string of the molecule is O=C(O)CC(=O)NC(c1ccc(F)cc1)c1ccccc1Cl. The van der Waals surface area contributed by atoms with Crippen LogP contribution in [0.5, 0.6) is 0 Å². The highest BCUT2D eigenvalue weighted by molar-refractivity contribution is 6.31. The minimum absolute atomic E-state index is 0.404. The van der Waals surface area contributed by atoms with Gasteiger partial charge >= 0.3 is 5.97 Å². The number of rotatable bonds is 5. The highest BCUT2D eigenvalue weighted by Crippen LogP contribution is 2.28. The van der Waals surface area contributed by atoms with Gasteiger partial charge in [0.1, 0.15) is 12.2 Å². The molecule has 1 atom stereocenters. The predicted octanol–water partition coefficient (Wildman–Crippen LogP) is 3.16. The predicted molar refractivity (Wildman–Crippen MR) is 80.1 cm³/mol. The Morgan fingerprint density at radius 1 is 1.14 bits per heavy atom. The third-order valence-electron chi connectivity index (χ3n) is 3.04. The average Bonchev–Trinajstić information content (AvgIpc) is 2.46. The van der Waals surface area contributed by atoms with E-state index in [4.69, 9.17) is 16.7 Å². The van der Waals surface area contributed by atoms with E-state index in [0.29, 0.717) is 16.1 Å². The van der Waals surface area contributed by atoms with Gasteiger partial charge < -0.3 is 10.4 Å². The summed E-state index contributed by atoms with van der Waals surface area (Å²) < 4.78 is 13.1. The molecule has 0 aliphatic heterocycles. The minimum atomic E-state index is -1.23. The molecule has 0 spiro atoms. The van der Waals surface area contributed by atoms with Crippen LogP contribution in [-0.2, 0) is 9.59 Å². The fourth-order valence-corrected chi connectivity index (χ4v) is 2.30. The van der Waals surface area contributed by atoms with Crippen molar-refractivity contribution in [2.24, 2.45) is 0 Å². The molecule has 6 heteroatoms. The standard InChI is InChI=1S/C16H13ClFNO3/c17-13-4-2-1-3-12(13)16(19-14(20)9-15(21)22)10-5-7-11(18)8-6-10/h1-8,16H,9H2,(H,19,20)(H,21,22). The van der Waals surface area contributed by atoms with Gasteiger partial charge in [-0.1, -0.05) is 41.9 Å². The smallest absolute Gasteiger partial charge is 0.312 e. The number of amides is 1. The number of halogens is 2. The Hall–Kier alpha value is -2.40. The van der Waals surface area contributed by atoms with Crippen LogP contribution in [0.1, 0.15) is 23.6 Å². The van der Waals surface area contributed by atoms with Gasteiger partial charge in [-0.05, 0) is 29.3 Å². The van der Waals surface area contributed by atoms with Crippen LogP contribution < -0.4 is 5.32 Å². The molecule has 2 aromatic rings. The first-order valence-electron chi connectivity index (χ1n) is 6.48. The molecule has 0 bridgehead atoms. The van der Waals surface area contributed by atoms with Crippen LogP contribution in [0.3, 0.4) is 0 Å². The lowest BCUT2D eigenvalue weighted by atomic mass is 9.98. The summed E-state index contributed by atoms with van der Waals surface area (Å²) in [5.41, 5.74) is 1.21. The van der Waals surface area contributed by atoms with Gasteiger partial charge in [0.05, 0.1) is 6.04 Å². The van der Waals surface area contributed by atoms with E-state index < -0.39 is 30.2 Å². The van der Waals surface area contributed by atoms with Crippen molar-refractivity contribution in [1.82, 2.24) is 5.32 Å². The Kier molecular flexibility index (Phi) is 5.12. The second-order valence-corrected chi connectivity index (χ2v) is 5.05. The van der Waals surface area contributed by atoms with Gasteiger partial charge in [0.2, 0.25) is 5.91 Å². The largest absolute Gasteiger partial charge is 0.481 e. The van der Waals surface area contributed by atoms with Crippen molar-refractivity contribution in [3.8, 4) is 0 Å². The normalized spacial score (nSPS) is 11.7. The molecule has 0 heterocycles. The molecule has 0 aliphatic carbocycles. The maximum Gasteiger partial charge on any atom is 0.312 e. The van der Waals surface area contributed by atoms with Crippen LogP contribution in [0.4, 0.5) is 4.39 Å². The molecular weight excluding hydrogens is 309 g/mol. The quantitative estimate of drug-likeness (QED) is 0.831. The molecular formula is C16H13ClFNO3. The Balaban J connectivity index is 2.36. The van der Waals surface area contributed by atoms with Crippen molar-refractivity contribution in [1.29, 1.82) is 0 Å². The zero-order valence-corrected chi connectivity index (χ0v) is 12.2. The number of carbonyl (C=O) groups excluding carboxylic acids is 1. The molecule has 0 saturated heterocycles. The van der Waals surface area contributed by atoms with Crippen molar-refractivity contribution in [2.75, 3.05) is 0 Å². The molecule has 0 aliphatic rings. The summed E-state index contributed by atoms with van der Waals surface area (Å²) in [6, 6.07) is 11.8. The van der Waals surface area contributed by atoms with E-state index in [2.05, 4.69) is 5.32 Å². The lowest BCUT2D eigenvalue weighted by Crippen LogP contribution is -2.31. The number of hydrogen-bond acceptors (Lipinski definition) is 2. The van der Waals surface area contributed by atoms with E-state index >= 15 is 0 Å². The number of hydrogen-bond donors (Lipinski definition) is 2. The van der Waals surface area contributed by atoms with E-state index in [1.165, 1.54) is 24.3 Å². The highest BCUT2D eigenvalue weighted by Gasteiger charge is 2.20. The van der Waals surface area contributed by atoms with Crippen LogP contribution >= 0.6 is 11.6 Å². The summed E-state index contributed by atoms with van der Waals surface area (Å²) in [5, 5.41) is 11.7. The molecule has 1 amide bonds. The summed E-state index contributed by atoms with van der Waals surface area (Å²) in [7, 11) is 0. The topological polar surface area (TPSA) is 66.4 Å². The molecule has 0 fully saturated rings. The fourth-order valence-electron chi connectivity index (χ4n) is 2.05. The number of carbonyl (C=O) groups is 2. The lowest BCUT2D eigenvalue weighted by Gasteiger charge is -2.20. The summed E-state index contributed by atoms with van der Waals surface area (Å²) in [6.45, 7) is 0. The number of benzene rings is 2. The fraction of sp³-hybridized carbons (Fsp3) is 0.125. The number of carboxylic acid groups (broad SMARTS) is 1. The Bertz CT molecular complexity index is 688. The first kappa shape index (κ1) is 16.0. The molecule has 0 aromatic heterocycles. The van der Waals surface area contributed by atoms with E-state index in [0.717, 1.165) is 0 Å². The first-order valence-corrected chi connectivity index (χ1v) is 6.86. The molecule has 2 aromatic carbocycles. The maximum atomic E-state index is 13.1. The number of aliphatic carboxylic acids is 1. The van der Waals surface area contributed by atoms with Crippen molar-refractivity contribution >= 4 is 23.5 Å². The van der Waals surface area contributed by atoms with Crippen molar-refractivity contribution in [2.45, 2.75) is 12.5 Å². The van der Waals surface area contributed by atoms with Crippen molar-refractivity contribution < 1.29 is 19.1 Å². The van der Waals surface area contributed by atoms with Gasteiger partial charge in [0, 0.05) is 5.02 Å². The monoisotopic (exact) mass is 321 g/mol. The van der Waals surface area contributed by atoms with E-state index in [-0.39, 0.29) is 0 Å². The van der Waals surface area contributed by atoms with Crippen LogP contribution in [-0.4, -0.2) is 17.0 Å². The van der Waals surface area contributed by atoms with Crippen molar-refractivity contribution in [3.05, 3.63) is 70.5 Å². The highest BCUT2D eigenvalue weighted by atomic mass is 35.5. The summed E-state index contributed by atoms with van der Waals surface area (Å²) in [4.78, 5) is 22.4. The minimum Gasteiger partial charge on any atom is -0.481 e. The summed E-state index contributed by atoms with van der Waals surface area (Å²) in [6.07, 6.45) is -0.651. The molecule has 22 heavy (non-hydrogen) atoms. The van der Waals surface area contributed by atoms with Gasteiger partial charge in [-0.15, -0.1) is 0 Å². The zero-order chi connectivity index (χ0) is 16.1. The van der Waals surface area contributed by atoms with E-state index in [1.807, 2.05) is 0 Å². The summed E-state index contributed by atoms with van der Waals surface area (Å²) >= 11 is 6.15. The molecule has 4 nitrogen and oxygen atoms in total. The zero-order valence-electron chi connectivity index (χ0n) is 11.4. The third-order valence-corrected chi connectivity index (χ3v) is 3.38. The molecule has 1 unspecified atom stereocenters. The number of nitrogens with one attached hydrogen (secondary N) is 1. The molecule has 2 rings (SSSR count). The van der Waals surface area contributed by atoms with Crippen LogP contribution in [0.25, 0.3) is 0 Å². The molecule has 114 valence electrons. The first-order chi connectivity index (χ1) is 10.5. The average molecular weight is 322 g/mol.